The van der Waals surface area contributed by atoms with Gasteiger partial charge in [0.05, 0.1) is 17.1 Å². The molecule has 1 aliphatic rings. The van der Waals surface area contributed by atoms with E-state index in [-0.39, 0.29) is 34.2 Å². The quantitative estimate of drug-likeness (QED) is 0.589. The molecule has 3 rings (SSSR count). The molecule has 0 radical (unpaired) electrons. The van der Waals surface area contributed by atoms with Crippen LogP contribution in [0.15, 0.2) is 41.3 Å². The fourth-order valence-corrected chi connectivity index (χ4v) is 4.93. The Bertz CT molecular complexity index is 1120. The van der Waals surface area contributed by atoms with Crippen LogP contribution in [0.3, 0.4) is 0 Å². The molecular weight excluding hydrogens is 450 g/mol. The smallest absolute Gasteiger partial charge is 0.376 e. The van der Waals surface area contributed by atoms with Crippen molar-refractivity contribution in [2.45, 2.75) is 49.8 Å². The summed E-state index contributed by atoms with van der Waals surface area (Å²) in [6, 6.07) is 7.76. The third-order valence-corrected chi connectivity index (χ3v) is 7.44. The highest BCUT2D eigenvalue weighted by Gasteiger charge is 2.52. The molecule has 2 N–H and O–H groups in total. The standard InChI is InChI=1S/C22H23F4NO4S/c1-13-18(10-9-17(20(13)23)21(2,29)22(24,25)26)27-19(28)11-14-5-7-16(8-6-14)32(30,31)12-15-3-4-15/h5-10,15,29H,3-4,11-12H2,1-2H3,(H,27,28). The molecular formula is C22H23F4NO4S. The maximum Gasteiger partial charge on any atom is 0.421 e. The summed E-state index contributed by atoms with van der Waals surface area (Å²) in [7, 11) is -3.37. The van der Waals surface area contributed by atoms with Crippen LogP contribution in [0.5, 0.6) is 0 Å². The summed E-state index contributed by atoms with van der Waals surface area (Å²) in [5.41, 5.74) is -4.09. The summed E-state index contributed by atoms with van der Waals surface area (Å²) in [6.07, 6.45) is -3.41. The number of carbonyl (C=O) groups is 1. The molecule has 1 fully saturated rings. The number of alkyl halides is 3. The minimum absolute atomic E-state index is 0.0298. The Morgan fingerprint density at radius 3 is 2.25 bits per heavy atom. The molecule has 174 valence electrons. The number of rotatable bonds is 7. The number of amides is 1. The fraction of sp³-hybridized carbons (Fsp3) is 0.409. The Kier molecular flexibility index (Phi) is 6.41. The van der Waals surface area contributed by atoms with Crippen molar-refractivity contribution < 1.29 is 35.9 Å². The van der Waals surface area contributed by atoms with Gasteiger partial charge < -0.3 is 10.4 Å². The third-order valence-electron chi connectivity index (χ3n) is 5.54. The van der Waals surface area contributed by atoms with Crippen molar-refractivity contribution in [3.8, 4) is 0 Å². The van der Waals surface area contributed by atoms with Crippen LogP contribution in [0.1, 0.15) is 36.5 Å². The number of aliphatic hydroxyl groups is 1. The number of anilines is 1. The molecule has 1 unspecified atom stereocenters. The lowest BCUT2D eigenvalue weighted by Gasteiger charge is -2.28. The number of nitrogens with one attached hydrogen (secondary N) is 1. The van der Waals surface area contributed by atoms with E-state index in [0.717, 1.165) is 25.0 Å². The van der Waals surface area contributed by atoms with Crippen LogP contribution in [0.4, 0.5) is 23.2 Å². The predicted molar refractivity (Wildman–Crippen MR) is 110 cm³/mol. The Balaban J connectivity index is 1.70. The molecule has 0 saturated heterocycles. The Hall–Kier alpha value is -2.46. The van der Waals surface area contributed by atoms with E-state index in [2.05, 4.69) is 5.32 Å². The lowest BCUT2D eigenvalue weighted by molar-refractivity contribution is -0.259. The van der Waals surface area contributed by atoms with E-state index >= 15 is 0 Å². The van der Waals surface area contributed by atoms with E-state index in [9.17, 15) is 35.9 Å². The molecule has 0 spiro atoms. The topological polar surface area (TPSA) is 83.5 Å². The van der Waals surface area contributed by atoms with Gasteiger partial charge in [0.1, 0.15) is 5.82 Å². The molecule has 2 aromatic carbocycles. The van der Waals surface area contributed by atoms with E-state index < -0.39 is 38.9 Å². The summed E-state index contributed by atoms with van der Waals surface area (Å²) in [5, 5.41) is 12.2. The van der Waals surface area contributed by atoms with Crippen molar-refractivity contribution in [1.29, 1.82) is 0 Å². The Morgan fingerprint density at radius 2 is 1.72 bits per heavy atom. The number of hydrogen-bond donors (Lipinski definition) is 2. The van der Waals surface area contributed by atoms with Crippen LogP contribution >= 0.6 is 0 Å². The van der Waals surface area contributed by atoms with Gasteiger partial charge in [0, 0.05) is 16.8 Å². The van der Waals surface area contributed by atoms with Crippen molar-refractivity contribution >= 4 is 21.4 Å². The second kappa shape index (κ2) is 8.47. The molecule has 1 atom stereocenters. The van der Waals surface area contributed by atoms with Gasteiger partial charge in [-0.05, 0) is 56.4 Å². The van der Waals surface area contributed by atoms with E-state index in [4.69, 9.17) is 0 Å². The third kappa shape index (κ3) is 5.12. The van der Waals surface area contributed by atoms with Crippen molar-refractivity contribution in [2.24, 2.45) is 5.92 Å². The van der Waals surface area contributed by atoms with Crippen LogP contribution in [-0.4, -0.2) is 31.4 Å². The van der Waals surface area contributed by atoms with Gasteiger partial charge in [-0.15, -0.1) is 0 Å². The normalized spacial score (nSPS) is 16.5. The first-order valence-electron chi connectivity index (χ1n) is 9.92. The van der Waals surface area contributed by atoms with E-state index in [0.29, 0.717) is 12.5 Å². The van der Waals surface area contributed by atoms with Gasteiger partial charge in [-0.2, -0.15) is 13.2 Å². The minimum Gasteiger partial charge on any atom is -0.376 e. The lowest BCUT2D eigenvalue weighted by atomic mass is 9.92. The predicted octanol–water partition coefficient (Wildman–Crippen LogP) is 4.27. The van der Waals surface area contributed by atoms with Gasteiger partial charge in [0.25, 0.3) is 0 Å². The molecule has 0 bridgehead atoms. The first-order valence-corrected chi connectivity index (χ1v) is 11.6. The number of carbonyl (C=O) groups excluding carboxylic acids is 1. The van der Waals surface area contributed by atoms with Crippen molar-refractivity contribution in [3.63, 3.8) is 0 Å². The van der Waals surface area contributed by atoms with E-state index in [1.165, 1.54) is 31.2 Å². The Morgan fingerprint density at radius 1 is 1.12 bits per heavy atom. The van der Waals surface area contributed by atoms with Crippen LogP contribution in [0.2, 0.25) is 0 Å². The second-order valence-corrected chi connectivity index (χ2v) is 10.3. The molecule has 0 aliphatic heterocycles. The summed E-state index contributed by atoms with van der Waals surface area (Å²) in [6.45, 7) is 1.65. The highest BCUT2D eigenvalue weighted by Crippen LogP contribution is 2.41. The number of benzene rings is 2. The summed E-state index contributed by atoms with van der Waals surface area (Å²) in [4.78, 5) is 12.5. The zero-order valence-corrected chi connectivity index (χ0v) is 18.3. The van der Waals surface area contributed by atoms with Gasteiger partial charge >= 0.3 is 6.18 Å². The number of halogens is 4. The van der Waals surface area contributed by atoms with Crippen molar-refractivity contribution in [2.75, 3.05) is 11.1 Å². The van der Waals surface area contributed by atoms with Gasteiger partial charge in [0.15, 0.2) is 15.4 Å². The van der Waals surface area contributed by atoms with Crippen LogP contribution in [0, 0.1) is 18.7 Å². The largest absolute Gasteiger partial charge is 0.421 e. The molecule has 1 aliphatic carbocycles. The SMILES string of the molecule is Cc1c(NC(=O)Cc2ccc(S(=O)(=O)CC3CC3)cc2)ccc(C(C)(O)C(F)(F)F)c1F. The molecule has 0 heterocycles. The van der Waals surface area contributed by atoms with Crippen molar-refractivity contribution in [3.05, 3.63) is 58.9 Å². The average Bonchev–Trinajstić information content (AvgIpc) is 3.48. The van der Waals surface area contributed by atoms with Gasteiger partial charge in [-0.1, -0.05) is 18.2 Å². The van der Waals surface area contributed by atoms with Crippen LogP contribution in [-0.2, 0) is 26.7 Å². The first-order chi connectivity index (χ1) is 14.7. The molecule has 1 amide bonds. The maximum atomic E-state index is 14.5. The molecule has 2 aromatic rings. The lowest BCUT2D eigenvalue weighted by Crippen LogP contribution is -2.40. The minimum atomic E-state index is -5.08. The first kappa shape index (κ1) is 24.2. The zero-order chi connectivity index (χ0) is 23.9. The van der Waals surface area contributed by atoms with Crippen LogP contribution < -0.4 is 5.32 Å². The highest BCUT2D eigenvalue weighted by molar-refractivity contribution is 7.91. The fourth-order valence-electron chi connectivity index (χ4n) is 3.23. The molecule has 0 aromatic heterocycles. The zero-order valence-electron chi connectivity index (χ0n) is 17.5. The number of sulfone groups is 1. The second-order valence-electron chi connectivity index (χ2n) is 8.26. The summed E-state index contributed by atoms with van der Waals surface area (Å²) >= 11 is 0. The molecule has 10 heteroatoms. The highest BCUT2D eigenvalue weighted by atomic mass is 32.2. The van der Waals surface area contributed by atoms with Crippen LogP contribution in [0.25, 0.3) is 0 Å². The Labute approximate surface area is 183 Å². The van der Waals surface area contributed by atoms with Gasteiger partial charge in [0.2, 0.25) is 5.91 Å². The molecule has 5 nitrogen and oxygen atoms in total. The van der Waals surface area contributed by atoms with Crippen molar-refractivity contribution in [1.82, 2.24) is 0 Å². The monoisotopic (exact) mass is 473 g/mol. The summed E-state index contributed by atoms with van der Waals surface area (Å²) < 4.78 is 78.2. The number of hydrogen-bond acceptors (Lipinski definition) is 4. The summed E-state index contributed by atoms with van der Waals surface area (Å²) in [5.74, 6) is -1.51. The molecule has 1 saturated carbocycles. The molecule has 32 heavy (non-hydrogen) atoms. The average molecular weight is 473 g/mol. The van der Waals surface area contributed by atoms with E-state index in [1.807, 2.05) is 0 Å². The maximum absolute atomic E-state index is 14.5. The van der Waals surface area contributed by atoms with E-state index in [1.54, 1.807) is 0 Å². The van der Waals surface area contributed by atoms with Gasteiger partial charge in [-0.3, -0.25) is 4.79 Å². The van der Waals surface area contributed by atoms with Gasteiger partial charge in [-0.25, -0.2) is 12.8 Å².